The van der Waals surface area contributed by atoms with Crippen LogP contribution in [0.4, 0.5) is 0 Å². The van der Waals surface area contributed by atoms with E-state index in [2.05, 4.69) is 11.9 Å². The second kappa shape index (κ2) is 4.99. The van der Waals surface area contributed by atoms with Crippen LogP contribution in [0.15, 0.2) is 12.2 Å². The van der Waals surface area contributed by atoms with Crippen LogP contribution in [-0.4, -0.2) is 17.6 Å². The average molecular weight is 142 g/mol. The predicted molar refractivity (Wildman–Crippen MR) is 39.0 cm³/mol. The zero-order chi connectivity index (χ0) is 7.98. The zero-order valence-electron chi connectivity index (χ0n) is 6.05. The van der Waals surface area contributed by atoms with E-state index in [0.717, 1.165) is 0 Å². The van der Waals surface area contributed by atoms with Crippen molar-refractivity contribution in [2.75, 3.05) is 6.61 Å². The summed E-state index contributed by atoms with van der Waals surface area (Å²) in [5.41, 5.74) is 0.467. The van der Waals surface area contributed by atoms with Crippen molar-refractivity contribution in [3.63, 3.8) is 0 Å². The molecule has 0 heterocycles. The van der Waals surface area contributed by atoms with Gasteiger partial charge >= 0.3 is 0 Å². The molecule has 0 aromatic rings. The molecule has 1 radical (unpaired) electrons. The number of rotatable bonds is 4. The van der Waals surface area contributed by atoms with Gasteiger partial charge in [0.25, 0.3) is 0 Å². The highest BCUT2D eigenvalue weighted by molar-refractivity contribution is 5.92. The van der Waals surface area contributed by atoms with Crippen LogP contribution in [0.1, 0.15) is 13.3 Å². The molecule has 3 nitrogen and oxygen atoms in total. The molecule has 0 spiro atoms. The molecule has 0 aliphatic rings. The molecule has 1 amide bonds. The number of aliphatic hydroxyl groups excluding tert-OH is 1. The monoisotopic (exact) mass is 142 g/mol. The van der Waals surface area contributed by atoms with Crippen LogP contribution < -0.4 is 5.32 Å². The molecule has 0 saturated carbocycles. The van der Waals surface area contributed by atoms with E-state index in [4.69, 9.17) is 5.11 Å². The third-order valence-corrected chi connectivity index (χ3v) is 0.894. The van der Waals surface area contributed by atoms with E-state index in [0.29, 0.717) is 12.0 Å². The van der Waals surface area contributed by atoms with Crippen molar-refractivity contribution in [2.24, 2.45) is 0 Å². The molecule has 0 fully saturated rings. The molecule has 57 valence electrons. The highest BCUT2D eigenvalue weighted by atomic mass is 16.3. The molecule has 0 aliphatic heterocycles. The largest absolute Gasteiger partial charge is 0.396 e. The van der Waals surface area contributed by atoms with E-state index in [1.54, 1.807) is 6.92 Å². The first-order chi connectivity index (χ1) is 4.68. The van der Waals surface area contributed by atoms with Gasteiger partial charge < -0.3 is 10.4 Å². The third-order valence-electron chi connectivity index (χ3n) is 0.894. The zero-order valence-corrected chi connectivity index (χ0v) is 6.05. The van der Waals surface area contributed by atoms with Gasteiger partial charge in [0, 0.05) is 12.2 Å². The van der Waals surface area contributed by atoms with E-state index in [-0.39, 0.29) is 12.5 Å². The van der Waals surface area contributed by atoms with Crippen molar-refractivity contribution < 1.29 is 9.90 Å². The van der Waals surface area contributed by atoms with E-state index in [1.807, 2.05) is 0 Å². The van der Waals surface area contributed by atoms with Gasteiger partial charge in [0.1, 0.15) is 0 Å². The molecular weight excluding hydrogens is 130 g/mol. The topological polar surface area (TPSA) is 49.3 Å². The smallest absolute Gasteiger partial charge is 0.246 e. The van der Waals surface area contributed by atoms with E-state index < -0.39 is 0 Å². The number of carbonyl (C=O) groups excluding carboxylic acids is 1. The maximum absolute atomic E-state index is 10.7. The maximum atomic E-state index is 10.7. The fourth-order valence-electron chi connectivity index (χ4n) is 0.353. The van der Waals surface area contributed by atoms with Crippen molar-refractivity contribution >= 4 is 5.91 Å². The molecular formula is C7H12NO2. The van der Waals surface area contributed by atoms with Crippen molar-refractivity contribution in [1.82, 2.24) is 5.32 Å². The molecule has 0 aromatic carbocycles. The lowest BCUT2D eigenvalue weighted by Gasteiger charge is -2.00. The Morgan fingerprint density at radius 1 is 1.80 bits per heavy atom. The SMILES string of the molecule is C=C(C)C(=O)N[CH]CCO. The van der Waals surface area contributed by atoms with Gasteiger partial charge in [0.05, 0.1) is 6.54 Å². The van der Waals surface area contributed by atoms with E-state index in [1.165, 1.54) is 6.54 Å². The second-order valence-corrected chi connectivity index (χ2v) is 1.97. The Labute approximate surface area is 60.7 Å². The summed E-state index contributed by atoms with van der Waals surface area (Å²) in [7, 11) is 0. The number of amides is 1. The summed E-state index contributed by atoms with van der Waals surface area (Å²) in [4.78, 5) is 10.7. The normalized spacial score (nSPS) is 9.00. The Hall–Kier alpha value is -0.830. The number of hydrogen-bond donors (Lipinski definition) is 2. The summed E-state index contributed by atoms with van der Waals surface area (Å²) >= 11 is 0. The van der Waals surface area contributed by atoms with Gasteiger partial charge in [-0.15, -0.1) is 0 Å². The molecule has 3 heteroatoms. The van der Waals surface area contributed by atoms with Gasteiger partial charge in [0.15, 0.2) is 0 Å². The number of nitrogens with one attached hydrogen (secondary N) is 1. The van der Waals surface area contributed by atoms with Gasteiger partial charge in [-0.2, -0.15) is 0 Å². The highest BCUT2D eigenvalue weighted by Gasteiger charge is 1.98. The minimum absolute atomic E-state index is 0.0521. The fourth-order valence-corrected chi connectivity index (χ4v) is 0.353. The molecule has 0 atom stereocenters. The van der Waals surface area contributed by atoms with Gasteiger partial charge in [0.2, 0.25) is 5.91 Å². The van der Waals surface area contributed by atoms with Crippen LogP contribution >= 0.6 is 0 Å². The molecule has 0 bridgehead atoms. The first-order valence-corrected chi connectivity index (χ1v) is 3.07. The minimum atomic E-state index is -0.201. The Morgan fingerprint density at radius 3 is 2.80 bits per heavy atom. The van der Waals surface area contributed by atoms with Crippen LogP contribution in [0, 0.1) is 6.54 Å². The molecule has 0 unspecified atom stereocenters. The van der Waals surface area contributed by atoms with Crippen LogP contribution in [0.3, 0.4) is 0 Å². The van der Waals surface area contributed by atoms with Crippen molar-refractivity contribution in [3.05, 3.63) is 18.7 Å². The lowest BCUT2D eigenvalue weighted by molar-refractivity contribution is -0.116. The summed E-state index contributed by atoms with van der Waals surface area (Å²) in [5.74, 6) is -0.201. The quantitative estimate of drug-likeness (QED) is 0.436. The first kappa shape index (κ1) is 9.17. The summed E-state index contributed by atoms with van der Waals surface area (Å²) < 4.78 is 0. The van der Waals surface area contributed by atoms with Crippen LogP contribution in [-0.2, 0) is 4.79 Å². The van der Waals surface area contributed by atoms with Gasteiger partial charge in [-0.1, -0.05) is 6.58 Å². The molecule has 10 heavy (non-hydrogen) atoms. The Bertz CT molecular complexity index is 132. The standard InChI is InChI=1S/C7H12NO2/c1-6(2)7(10)8-4-3-5-9/h4,9H,1,3,5H2,2H3,(H,8,10). The fraction of sp³-hybridized carbons (Fsp3) is 0.429. The Kier molecular flexibility index (Phi) is 4.58. The second-order valence-electron chi connectivity index (χ2n) is 1.97. The number of carbonyl (C=O) groups is 1. The van der Waals surface area contributed by atoms with Gasteiger partial charge in [-0.05, 0) is 13.3 Å². The average Bonchev–Trinajstić information content (AvgIpc) is 1.88. The molecule has 0 aromatic heterocycles. The van der Waals surface area contributed by atoms with Crippen molar-refractivity contribution in [2.45, 2.75) is 13.3 Å². The van der Waals surface area contributed by atoms with Crippen molar-refractivity contribution in [3.8, 4) is 0 Å². The van der Waals surface area contributed by atoms with Gasteiger partial charge in [-0.3, -0.25) is 4.79 Å². The predicted octanol–water partition coefficient (Wildman–Crippen LogP) is 0.223. The van der Waals surface area contributed by atoms with Crippen LogP contribution in [0.25, 0.3) is 0 Å². The molecule has 2 N–H and O–H groups in total. The van der Waals surface area contributed by atoms with E-state index in [9.17, 15) is 4.79 Å². The first-order valence-electron chi connectivity index (χ1n) is 3.07. The molecule has 0 saturated heterocycles. The number of hydrogen-bond acceptors (Lipinski definition) is 2. The summed E-state index contributed by atoms with van der Waals surface area (Å²) in [5, 5.41) is 10.8. The van der Waals surface area contributed by atoms with Crippen LogP contribution in [0.5, 0.6) is 0 Å². The van der Waals surface area contributed by atoms with Crippen LogP contribution in [0.2, 0.25) is 0 Å². The summed E-state index contributed by atoms with van der Waals surface area (Å²) in [6, 6.07) is 0. The summed E-state index contributed by atoms with van der Waals surface area (Å²) in [6.07, 6.45) is 0.471. The number of aliphatic hydroxyl groups is 1. The third kappa shape index (κ3) is 4.09. The van der Waals surface area contributed by atoms with E-state index >= 15 is 0 Å². The minimum Gasteiger partial charge on any atom is -0.396 e. The summed E-state index contributed by atoms with van der Waals surface area (Å²) in [6.45, 7) is 6.63. The lowest BCUT2D eigenvalue weighted by Crippen LogP contribution is -2.21. The molecule has 0 aliphatic carbocycles. The Morgan fingerprint density at radius 2 is 2.40 bits per heavy atom. The lowest BCUT2D eigenvalue weighted by atomic mass is 10.3. The Balaban J connectivity index is 3.31. The van der Waals surface area contributed by atoms with Crippen molar-refractivity contribution in [1.29, 1.82) is 0 Å². The molecule has 0 rings (SSSR count). The van der Waals surface area contributed by atoms with Gasteiger partial charge in [-0.25, -0.2) is 0 Å². The maximum Gasteiger partial charge on any atom is 0.246 e. The highest BCUT2D eigenvalue weighted by Crippen LogP contribution is 1.87.